The van der Waals surface area contributed by atoms with Crippen LogP contribution in [0.4, 0.5) is 5.95 Å². The number of aliphatic hydroxyl groups is 7. The van der Waals surface area contributed by atoms with E-state index in [-0.39, 0.29) is 35.0 Å². The molecule has 0 unspecified atom stereocenters. The first-order chi connectivity index (χ1) is 19.5. The molecule has 8 atom stereocenters. The molecular formula is C22H31N9O10. The summed E-state index contributed by atoms with van der Waals surface area (Å²) in [6.45, 7) is -0.596. The summed E-state index contributed by atoms with van der Waals surface area (Å²) in [5.41, 5.74) is 5.81. The molecule has 0 aliphatic carbocycles. The van der Waals surface area contributed by atoms with Crippen LogP contribution in [0.15, 0.2) is 22.4 Å². The van der Waals surface area contributed by atoms with Crippen molar-refractivity contribution in [1.29, 1.82) is 0 Å². The molecule has 0 amide bonds. The lowest BCUT2D eigenvalue weighted by atomic mass is 10.1. The van der Waals surface area contributed by atoms with E-state index in [0.29, 0.717) is 5.49 Å². The highest BCUT2D eigenvalue weighted by molar-refractivity contribution is 5.71. The third kappa shape index (κ3) is 4.71. The van der Waals surface area contributed by atoms with Crippen LogP contribution in [0, 0.1) is 0 Å². The Balaban J connectivity index is 0.000000165. The molecule has 0 aromatic carbocycles. The predicted octanol–water partition coefficient (Wildman–Crippen LogP) is -6.04. The molecule has 41 heavy (non-hydrogen) atoms. The summed E-state index contributed by atoms with van der Waals surface area (Å²) in [4.78, 5) is 29.8. The number of ether oxygens (including phenoxy) is 2. The molecule has 3 aliphatic heterocycles. The van der Waals surface area contributed by atoms with Crippen LogP contribution in [0.5, 0.6) is 0 Å². The summed E-state index contributed by atoms with van der Waals surface area (Å²) in [5, 5.41) is 67.9. The topological polar surface area (TPSA) is 272 Å². The molecule has 2 fully saturated rings. The van der Waals surface area contributed by atoms with Gasteiger partial charge in [-0.2, -0.15) is 4.98 Å². The second-order valence-corrected chi connectivity index (χ2v) is 9.76. The van der Waals surface area contributed by atoms with E-state index in [4.69, 9.17) is 25.4 Å². The van der Waals surface area contributed by atoms with E-state index in [1.807, 2.05) is 0 Å². The maximum Gasteiger partial charge on any atom is 0.282 e. The van der Waals surface area contributed by atoms with Crippen molar-refractivity contribution in [3.8, 4) is 0 Å². The minimum absolute atomic E-state index is 0.0130. The van der Waals surface area contributed by atoms with Gasteiger partial charge in [0.2, 0.25) is 11.8 Å². The first-order valence-corrected chi connectivity index (χ1v) is 12.5. The monoisotopic (exact) mass is 581 g/mol. The largest absolute Gasteiger partial charge is 0.493 e. The third-order valence-corrected chi connectivity index (χ3v) is 7.20. The van der Waals surface area contributed by atoms with Crippen molar-refractivity contribution in [3.63, 3.8) is 0 Å². The summed E-state index contributed by atoms with van der Waals surface area (Å²) in [6.07, 6.45) is -5.98. The molecule has 224 valence electrons. The van der Waals surface area contributed by atoms with Crippen LogP contribution in [-0.4, -0.2) is 133 Å². The first-order valence-electron chi connectivity index (χ1n) is 12.5. The zero-order valence-corrected chi connectivity index (χ0v) is 21.9. The van der Waals surface area contributed by atoms with E-state index in [1.165, 1.54) is 33.7 Å². The Morgan fingerprint density at radius 3 is 2.05 bits per heavy atom. The quantitative estimate of drug-likeness (QED) is 0.142. The SMILES string of the molecule is CN1CN=c2c(ncn2[C@@H]2O[C@H](CO)[C@@H](O)[C@H]2O)=C1O.Cn1c(N)nc2c(ncn2[C@@H]2O[C@H](CO)[C@@H](O)[C@H]2O)c1=O. The van der Waals surface area contributed by atoms with E-state index < -0.39 is 67.9 Å². The van der Waals surface area contributed by atoms with Gasteiger partial charge in [0.15, 0.2) is 34.5 Å². The van der Waals surface area contributed by atoms with E-state index in [9.17, 15) is 30.3 Å². The number of hydrogen-bond acceptors (Lipinski definition) is 16. The molecule has 0 saturated carbocycles. The molecule has 6 rings (SSSR count). The number of nitrogen functional groups attached to an aromatic ring is 1. The summed E-state index contributed by atoms with van der Waals surface area (Å²) in [7, 11) is 3.14. The van der Waals surface area contributed by atoms with Crippen molar-refractivity contribution in [2.24, 2.45) is 12.0 Å². The van der Waals surface area contributed by atoms with Crippen molar-refractivity contribution in [2.45, 2.75) is 49.1 Å². The number of nitrogens with two attached hydrogens (primary N) is 1. The molecule has 3 aromatic heterocycles. The smallest absolute Gasteiger partial charge is 0.282 e. The second kappa shape index (κ2) is 10.9. The maximum absolute atomic E-state index is 12.0. The number of nitrogens with zero attached hydrogens (tertiary/aromatic N) is 8. The van der Waals surface area contributed by atoms with Crippen LogP contribution in [-0.2, 0) is 16.5 Å². The molecule has 3 aromatic rings. The number of aromatic nitrogens is 6. The normalized spacial score (nSPS) is 31.2. The Morgan fingerprint density at radius 2 is 1.49 bits per heavy atom. The van der Waals surface area contributed by atoms with Crippen molar-refractivity contribution < 1.29 is 45.2 Å². The highest BCUT2D eigenvalue weighted by atomic mass is 16.6. The van der Waals surface area contributed by atoms with Crippen LogP contribution in [0.2, 0.25) is 0 Å². The average Bonchev–Trinajstić information content (AvgIpc) is 3.71. The van der Waals surface area contributed by atoms with E-state index in [1.54, 1.807) is 7.05 Å². The molecule has 3 aliphatic rings. The number of fused-ring (bicyclic) bond motifs is 2. The predicted molar refractivity (Wildman–Crippen MR) is 135 cm³/mol. The van der Waals surface area contributed by atoms with Gasteiger partial charge in [-0.25, -0.2) is 15.0 Å². The van der Waals surface area contributed by atoms with Gasteiger partial charge < -0.3 is 55.9 Å². The second-order valence-electron chi connectivity index (χ2n) is 9.76. The minimum Gasteiger partial charge on any atom is -0.493 e. The Kier molecular flexibility index (Phi) is 7.70. The van der Waals surface area contributed by atoms with Crippen LogP contribution in [0.1, 0.15) is 12.5 Å². The van der Waals surface area contributed by atoms with Crippen LogP contribution < -0.4 is 22.1 Å². The van der Waals surface area contributed by atoms with Crippen molar-refractivity contribution in [3.05, 3.63) is 33.8 Å². The zero-order valence-electron chi connectivity index (χ0n) is 21.9. The Hall–Kier alpha value is -3.69. The highest BCUT2D eigenvalue weighted by Gasteiger charge is 2.45. The van der Waals surface area contributed by atoms with Gasteiger partial charge in [0.25, 0.3) is 5.56 Å². The van der Waals surface area contributed by atoms with Gasteiger partial charge in [0.1, 0.15) is 43.3 Å². The third-order valence-electron chi connectivity index (χ3n) is 7.20. The van der Waals surface area contributed by atoms with E-state index >= 15 is 0 Å². The number of rotatable bonds is 4. The molecule has 19 nitrogen and oxygen atoms in total. The molecular weight excluding hydrogens is 550 g/mol. The molecule has 6 heterocycles. The summed E-state index contributed by atoms with van der Waals surface area (Å²) in [6, 6.07) is 0. The van der Waals surface area contributed by atoms with Gasteiger partial charge in [0, 0.05) is 14.1 Å². The van der Waals surface area contributed by atoms with Gasteiger partial charge in [-0.1, -0.05) is 0 Å². The fraction of sp³-hybridized carbons (Fsp3) is 0.591. The van der Waals surface area contributed by atoms with Crippen LogP contribution in [0.25, 0.3) is 17.0 Å². The fourth-order valence-electron chi connectivity index (χ4n) is 4.74. The van der Waals surface area contributed by atoms with Gasteiger partial charge in [-0.3, -0.25) is 18.5 Å². The number of anilines is 1. The van der Waals surface area contributed by atoms with E-state index in [0.717, 1.165) is 4.57 Å². The first kappa shape index (κ1) is 28.8. The summed E-state index contributed by atoms with van der Waals surface area (Å²) >= 11 is 0. The maximum atomic E-state index is 12.0. The fourth-order valence-corrected chi connectivity index (χ4v) is 4.74. The Bertz CT molecular complexity index is 1610. The minimum atomic E-state index is -1.29. The number of aliphatic hydroxyl groups excluding tert-OH is 7. The van der Waals surface area contributed by atoms with Gasteiger partial charge >= 0.3 is 0 Å². The highest BCUT2D eigenvalue weighted by Crippen LogP contribution is 2.31. The van der Waals surface area contributed by atoms with E-state index in [2.05, 4.69) is 19.9 Å². The van der Waals surface area contributed by atoms with Crippen LogP contribution >= 0.6 is 0 Å². The molecule has 19 heteroatoms. The van der Waals surface area contributed by atoms with Crippen molar-refractivity contribution in [1.82, 2.24) is 33.6 Å². The zero-order chi connectivity index (χ0) is 29.7. The standard InChI is InChI=1S/C11H15N5O5.C11H16N4O5/c1-15-9(20)5-8(14-11(15)12)16(3-13-5)10-7(19)6(18)4(2-17)21-10;1-14-3-13-9-6(10(14)19)12-4-15(9)11-8(18)7(17)5(2-16)20-11/h3-4,6-7,10,17-19H,2H2,1H3,(H2,12,14);4-5,7-8,11,16-19H,2-3H2,1H3/t4-,6-,7-,10-;5-,7-,8-,11-/m11/s1. The van der Waals surface area contributed by atoms with Gasteiger partial charge in [0.05, 0.1) is 25.9 Å². The van der Waals surface area contributed by atoms with Crippen LogP contribution in [0.3, 0.4) is 0 Å². The summed E-state index contributed by atoms with van der Waals surface area (Å²) < 4.78 is 14.7. The Morgan fingerprint density at radius 1 is 0.927 bits per heavy atom. The lowest BCUT2D eigenvalue weighted by molar-refractivity contribution is -0.0546. The molecule has 0 radical (unpaired) electrons. The Labute approximate surface area is 229 Å². The number of imidazole rings is 2. The lowest BCUT2D eigenvalue weighted by Crippen LogP contribution is -2.44. The molecule has 2 saturated heterocycles. The van der Waals surface area contributed by atoms with Gasteiger partial charge in [-0.05, 0) is 0 Å². The summed E-state index contributed by atoms with van der Waals surface area (Å²) in [5.74, 6) is -0.0264. The molecule has 0 spiro atoms. The molecule has 0 bridgehead atoms. The number of hydrogen-bond donors (Lipinski definition) is 8. The average molecular weight is 582 g/mol. The van der Waals surface area contributed by atoms with Gasteiger partial charge in [-0.15, -0.1) is 0 Å². The lowest BCUT2D eigenvalue weighted by Gasteiger charge is -2.19. The van der Waals surface area contributed by atoms with Crippen molar-refractivity contribution in [2.75, 3.05) is 32.7 Å². The molecule has 9 N–H and O–H groups in total. The van der Waals surface area contributed by atoms with Crippen molar-refractivity contribution >= 4 is 23.0 Å².